The fraction of sp³-hybridized carbons (Fsp3) is 0.455. The van der Waals surface area contributed by atoms with Crippen LogP contribution >= 0.6 is 0 Å². The molecule has 0 heteroatoms. The highest BCUT2D eigenvalue weighted by Crippen LogP contribution is 2.36. The molecule has 0 heterocycles. The van der Waals surface area contributed by atoms with Gasteiger partial charge >= 0.3 is 0 Å². The van der Waals surface area contributed by atoms with Gasteiger partial charge in [0.15, 0.2) is 0 Å². The van der Waals surface area contributed by atoms with Crippen molar-refractivity contribution in [1.29, 1.82) is 0 Å². The fourth-order valence-corrected chi connectivity index (χ4v) is 3.45. The summed E-state index contributed by atoms with van der Waals surface area (Å²) in [6.07, 6.45) is 0. The lowest BCUT2D eigenvalue weighted by molar-refractivity contribution is 0.861. The molecular weight excluding hydrogens is 264 g/mol. The Kier molecular flexibility index (Phi) is 4.80. The van der Waals surface area contributed by atoms with Crippen LogP contribution in [0.5, 0.6) is 0 Å². The Morgan fingerprint density at radius 3 is 0.909 bits per heavy atom. The van der Waals surface area contributed by atoms with Gasteiger partial charge < -0.3 is 0 Å². The molecule has 0 amide bonds. The Hall–Kier alpha value is -1.56. The Bertz CT molecular complexity index is 580. The van der Waals surface area contributed by atoms with Gasteiger partial charge in [-0.3, -0.25) is 0 Å². The van der Waals surface area contributed by atoms with Gasteiger partial charge in [-0.05, 0) is 84.0 Å². The summed E-state index contributed by atoms with van der Waals surface area (Å²) in [4.78, 5) is 0. The van der Waals surface area contributed by atoms with Gasteiger partial charge in [0.2, 0.25) is 0 Å². The van der Waals surface area contributed by atoms with E-state index in [1.54, 1.807) is 0 Å². The van der Waals surface area contributed by atoms with Crippen molar-refractivity contribution in [2.75, 3.05) is 0 Å². The van der Waals surface area contributed by atoms with Crippen LogP contribution < -0.4 is 0 Å². The van der Waals surface area contributed by atoms with Crippen molar-refractivity contribution in [3.05, 3.63) is 57.6 Å². The first-order valence-corrected chi connectivity index (χ1v) is 8.45. The zero-order valence-corrected chi connectivity index (χ0v) is 15.5. The summed E-state index contributed by atoms with van der Waals surface area (Å²) in [5.41, 5.74) is 11.3. The number of hydrogen-bond donors (Lipinski definition) is 0. The van der Waals surface area contributed by atoms with Crippen molar-refractivity contribution in [2.24, 2.45) is 0 Å². The summed E-state index contributed by atoms with van der Waals surface area (Å²) in [6.45, 7) is 18.1. The van der Waals surface area contributed by atoms with E-state index in [0.29, 0.717) is 11.8 Å². The molecule has 2 aromatic rings. The van der Waals surface area contributed by atoms with Crippen molar-refractivity contribution in [1.82, 2.24) is 0 Å². The predicted molar refractivity (Wildman–Crippen MR) is 99.0 cm³/mol. The molecule has 0 saturated heterocycles. The van der Waals surface area contributed by atoms with E-state index < -0.39 is 0 Å². The maximum absolute atomic E-state index is 2.36. The summed E-state index contributed by atoms with van der Waals surface area (Å²) in [7, 11) is 0. The highest BCUT2D eigenvalue weighted by atomic mass is 14.2. The van der Waals surface area contributed by atoms with Gasteiger partial charge in [-0.2, -0.15) is 0 Å². The minimum atomic E-state index is 0.581. The summed E-state index contributed by atoms with van der Waals surface area (Å²) < 4.78 is 0. The first kappa shape index (κ1) is 16.8. The third kappa shape index (κ3) is 3.11. The van der Waals surface area contributed by atoms with E-state index in [4.69, 9.17) is 0 Å². The molecule has 0 saturated carbocycles. The molecule has 0 nitrogen and oxygen atoms in total. The first-order valence-electron chi connectivity index (χ1n) is 8.45. The van der Waals surface area contributed by atoms with Gasteiger partial charge in [0.25, 0.3) is 0 Å². The quantitative estimate of drug-likeness (QED) is 0.581. The molecular formula is C22H30. The molecule has 0 aliphatic carbocycles. The van der Waals surface area contributed by atoms with Crippen LogP contribution in [0.15, 0.2) is 24.3 Å². The predicted octanol–water partition coefficient (Wildman–Crippen LogP) is 6.83. The Morgan fingerprint density at radius 1 is 0.500 bits per heavy atom. The molecule has 0 fully saturated rings. The topological polar surface area (TPSA) is 0 Å². The van der Waals surface area contributed by atoms with Crippen LogP contribution in [0.3, 0.4) is 0 Å². The van der Waals surface area contributed by atoms with Crippen molar-refractivity contribution >= 4 is 0 Å². The lowest BCUT2D eigenvalue weighted by atomic mass is 9.85. The van der Waals surface area contributed by atoms with E-state index in [1.165, 1.54) is 44.5 Å². The van der Waals surface area contributed by atoms with E-state index in [-0.39, 0.29) is 0 Å². The average molecular weight is 294 g/mol. The highest BCUT2D eigenvalue weighted by Gasteiger charge is 2.15. The molecule has 118 valence electrons. The van der Waals surface area contributed by atoms with Crippen LogP contribution in [-0.2, 0) is 0 Å². The zero-order chi connectivity index (χ0) is 16.6. The van der Waals surface area contributed by atoms with Crippen LogP contribution in [0, 0.1) is 27.7 Å². The second kappa shape index (κ2) is 6.28. The van der Waals surface area contributed by atoms with Gasteiger partial charge in [0, 0.05) is 0 Å². The first-order chi connectivity index (χ1) is 10.2. The van der Waals surface area contributed by atoms with E-state index >= 15 is 0 Å². The second-order valence-corrected chi connectivity index (χ2v) is 7.37. The molecule has 0 aliphatic rings. The molecule has 0 aliphatic heterocycles. The Balaban J connectivity index is 2.67. The van der Waals surface area contributed by atoms with Crippen LogP contribution in [0.2, 0.25) is 0 Å². The van der Waals surface area contributed by atoms with Crippen LogP contribution in [-0.4, -0.2) is 0 Å². The summed E-state index contributed by atoms with van der Waals surface area (Å²) >= 11 is 0. The van der Waals surface area contributed by atoms with Crippen molar-refractivity contribution in [3.8, 4) is 11.1 Å². The molecule has 22 heavy (non-hydrogen) atoms. The maximum Gasteiger partial charge on any atom is -0.0120 e. The van der Waals surface area contributed by atoms with Gasteiger partial charge in [-0.15, -0.1) is 0 Å². The van der Waals surface area contributed by atoms with Gasteiger partial charge in [0.05, 0.1) is 0 Å². The molecule has 0 bridgehead atoms. The standard InChI is InChI=1S/C22H30/c1-13(2)19-9-15(5)21(16(6)10-19)22-17(7)11-20(14(3)4)12-18(22)8/h9-14H,1-8H3. The SMILES string of the molecule is Cc1cc(C(C)C)cc(C)c1-c1c(C)cc(C(C)C)cc1C. The van der Waals surface area contributed by atoms with E-state index in [0.717, 1.165) is 0 Å². The number of rotatable bonds is 3. The van der Waals surface area contributed by atoms with Gasteiger partial charge in [0.1, 0.15) is 0 Å². The highest BCUT2D eigenvalue weighted by molar-refractivity contribution is 5.77. The summed E-state index contributed by atoms with van der Waals surface area (Å²) in [5, 5.41) is 0. The molecule has 2 aromatic carbocycles. The van der Waals surface area contributed by atoms with Gasteiger partial charge in [-0.25, -0.2) is 0 Å². The second-order valence-electron chi connectivity index (χ2n) is 7.37. The van der Waals surface area contributed by atoms with Gasteiger partial charge in [-0.1, -0.05) is 52.0 Å². The minimum Gasteiger partial charge on any atom is -0.0587 e. The third-order valence-electron chi connectivity index (χ3n) is 4.69. The largest absolute Gasteiger partial charge is 0.0587 e. The lowest BCUT2D eigenvalue weighted by Crippen LogP contribution is -1.99. The van der Waals surface area contributed by atoms with Crippen molar-refractivity contribution in [3.63, 3.8) is 0 Å². The maximum atomic E-state index is 2.36. The summed E-state index contributed by atoms with van der Waals surface area (Å²) in [5.74, 6) is 1.16. The van der Waals surface area contributed by atoms with Crippen LogP contribution in [0.1, 0.15) is 72.9 Å². The normalized spacial score (nSPS) is 11.5. The number of aryl methyl sites for hydroxylation is 4. The van der Waals surface area contributed by atoms with Crippen molar-refractivity contribution < 1.29 is 0 Å². The molecule has 0 N–H and O–H groups in total. The molecule has 0 aromatic heterocycles. The number of benzene rings is 2. The summed E-state index contributed by atoms with van der Waals surface area (Å²) in [6, 6.07) is 9.45. The molecule has 0 unspecified atom stereocenters. The molecule has 0 spiro atoms. The van der Waals surface area contributed by atoms with Crippen molar-refractivity contribution in [2.45, 2.75) is 67.2 Å². The minimum absolute atomic E-state index is 0.581. The zero-order valence-electron chi connectivity index (χ0n) is 15.5. The lowest BCUT2D eigenvalue weighted by Gasteiger charge is -2.20. The third-order valence-corrected chi connectivity index (χ3v) is 4.69. The molecule has 2 rings (SSSR count). The fourth-order valence-electron chi connectivity index (χ4n) is 3.45. The molecule has 0 atom stereocenters. The van der Waals surface area contributed by atoms with E-state index in [2.05, 4.69) is 79.7 Å². The Morgan fingerprint density at radius 2 is 0.727 bits per heavy atom. The van der Waals surface area contributed by atoms with Crippen LogP contribution in [0.25, 0.3) is 11.1 Å². The Labute approximate surface area is 136 Å². The molecule has 0 radical (unpaired) electrons. The van der Waals surface area contributed by atoms with E-state index in [9.17, 15) is 0 Å². The monoisotopic (exact) mass is 294 g/mol. The smallest absolute Gasteiger partial charge is 0.0120 e. The number of hydrogen-bond acceptors (Lipinski definition) is 0. The average Bonchev–Trinajstić information content (AvgIpc) is 2.40. The van der Waals surface area contributed by atoms with E-state index in [1.807, 2.05) is 0 Å². The van der Waals surface area contributed by atoms with Crippen LogP contribution in [0.4, 0.5) is 0 Å².